The number of benzene rings is 2. The Hall–Kier alpha value is -2.89. The summed E-state index contributed by atoms with van der Waals surface area (Å²) in [5, 5.41) is 14.8. The number of amides is 2. The van der Waals surface area contributed by atoms with E-state index < -0.39 is 29.2 Å². The van der Waals surface area contributed by atoms with Crippen molar-refractivity contribution >= 4 is 46.5 Å². The van der Waals surface area contributed by atoms with Crippen LogP contribution in [0.1, 0.15) is 29.6 Å². The number of anilines is 1. The molecule has 4 N–H and O–H groups in total. The molecule has 1 aliphatic rings. The van der Waals surface area contributed by atoms with Crippen molar-refractivity contribution in [2.24, 2.45) is 0 Å². The second-order valence-corrected chi connectivity index (χ2v) is 9.59. The molecule has 34 heavy (non-hydrogen) atoms. The smallest absolute Gasteiger partial charge is 0.326 e. The maximum Gasteiger partial charge on any atom is 0.326 e. The van der Waals surface area contributed by atoms with Gasteiger partial charge in [-0.1, -0.05) is 30.3 Å². The molecule has 1 aliphatic heterocycles. The van der Waals surface area contributed by atoms with Crippen LogP contribution in [0.3, 0.4) is 0 Å². The van der Waals surface area contributed by atoms with Crippen molar-refractivity contribution in [1.82, 2.24) is 10.6 Å². The molecule has 0 aromatic heterocycles. The zero-order chi connectivity index (χ0) is 24.5. The molecule has 2 aromatic carbocycles. The summed E-state index contributed by atoms with van der Waals surface area (Å²) >= 11 is -0.356. The highest BCUT2D eigenvalue weighted by Gasteiger charge is 2.23. The number of carbonyl (C=O) groups excluding carboxylic acids is 2. The molecule has 182 valence electrons. The normalized spacial score (nSPS) is 17.0. The van der Waals surface area contributed by atoms with Gasteiger partial charge in [-0.3, -0.25) is 18.5 Å². The van der Waals surface area contributed by atoms with Crippen molar-refractivity contribution in [1.29, 1.82) is 0 Å². The Morgan fingerprint density at radius 1 is 1.26 bits per heavy atom. The van der Waals surface area contributed by atoms with E-state index in [4.69, 9.17) is 4.18 Å². The number of carboxylic acids is 1. The molecule has 0 spiro atoms. The zero-order valence-electron chi connectivity index (χ0n) is 18.6. The molecule has 3 rings (SSSR count). The van der Waals surface area contributed by atoms with Crippen LogP contribution >= 0.6 is 11.8 Å². The minimum absolute atomic E-state index is 0.0488. The molecule has 9 nitrogen and oxygen atoms in total. The van der Waals surface area contributed by atoms with Crippen LogP contribution in [0.4, 0.5) is 5.69 Å². The van der Waals surface area contributed by atoms with E-state index in [0.717, 1.165) is 5.56 Å². The summed E-state index contributed by atoms with van der Waals surface area (Å²) in [5.74, 6) is -1.05. The van der Waals surface area contributed by atoms with Gasteiger partial charge in [0.1, 0.15) is 6.04 Å². The number of aliphatic carboxylic acids is 1. The monoisotopic (exact) mass is 505 g/mol. The first-order valence-corrected chi connectivity index (χ1v) is 13.2. The Bertz CT molecular complexity index is 1050. The molecule has 1 heterocycles. The molecule has 0 saturated carbocycles. The van der Waals surface area contributed by atoms with Crippen LogP contribution in [0.5, 0.6) is 0 Å². The average molecular weight is 506 g/mol. The minimum Gasteiger partial charge on any atom is -0.480 e. The Balaban J connectivity index is 1.76. The van der Waals surface area contributed by atoms with Crippen molar-refractivity contribution < 1.29 is 27.9 Å². The third-order valence-corrected chi connectivity index (χ3v) is 6.62. The van der Waals surface area contributed by atoms with Crippen LogP contribution in [0, 0.1) is 0 Å². The highest BCUT2D eigenvalue weighted by molar-refractivity contribution is 7.98. The van der Waals surface area contributed by atoms with Gasteiger partial charge in [-0.05, 0) is 54.2 Å². The lowest BCUT2D eigenvalue weighted by atomic mass is 9.98. The molecule has 3 atom stereocenters. The quantitative estimate of drug-likeness (QED) is 0.348. The van der Waals surface area contributed by atoms with Crippen LogP contribution < -0.4 is 15.4 Å². The maximum absolute atomic E-state index is 13.0. The molecule has 0 radical (unpaired) electrons. The summed E-state index contributed by atoms with van der Waals surface area (Å²) in [6, 6.07) is 12.8. The number of carbonyl (C=O) groups is 3. The summed E-state index contributed by atoms with van der Waals surface area (Å²) in [4.78, 5) is 35.9. The first-order valence-electron chi connectivity index (χ1n) is 10.7. The number of thioether (sulfide) groups is 1. The maximum atomic E-state index is 13.0. The molecular weight excluding hydrogens is 478 g/mol. The molecule has 2 amide bonds. The summed E-state index contributed by atoms with van der Waals surface area (Å²) < 4.78 is 20.4. The van der Waals surface area contributed by atoms with Gasteiger partial charge in [-0.25, -0.2) is 9.00 Å². The molecule has 0 bridgehead atoms. The van der Waals surface area contributed by atoms with Gasteiger partial charge in [0.25, 0.3) is 17.2 Å². The largest absolute Gasteiger partial charge is 0.480 e. The van der Waals surface area contributed by atoms with Crippen molar-refractivity contribution in [3.05, 3.63) is 54.1 Å². The van der Waals surface area contributed by atoms with Crippen molar-refractivity contribution in [2.75, 3.05) is 23.3 Å². The van der Waals surface area contributed by atoms with Gasteiger partial charge in [0.05, 0.1) is 12.6 Å². The van der Waals surface area contributed by atoms with E-state index in [-0.39, 0.29) is 18.6 Å². The van der Waals surface area contributed by atoms with Crippen LogP contribution in [-0.2, 0) is 25.0 Å². The number of nitrogens with one attached hydrogen (secondary N) is 3. The van der Waals surface area contributed by atoms with Crippen molar-refractivity contribution in [2.45, 2.75) is 31.3 Å². The second kappa shape index (κ2) is 12.5. The van der Waals surface area contributed by atoms with Gasteiger partial charge in [-0.2, -0.15) is 11.8 Å². The zero-order valence-corrected chi connectivity index (χ0v) is 20.2. The predicted molar refractivity (Wildman–Crippen MR) is 133 cm³/mol. The Morgan fingerprint density at radius 2 is 2.03 bits per heavy atom. The van der Waals surface area contributed by atoms with Gasteiger partial charge >= 0.3 is 5.97 Å². The highest BCUT2D eigenvalue weighted by atomic mass is 32.2. The van der Waals surface area contributed by atoms with Crippen LogP contribution in [0.15, 0.2) is 48.5 Å². The molecule has 0 aliphatic carbocycles. The van der Waals surface area contributed by atoms with Crippen LogP contribution in [0.25, 0.3) is 11.1 Å². The predicted octanol–water partition coefficient (Wildman–Crippen LogP) is 2.58. The first-order chi connectivity index (χ1) is 16.4. The lowest BCUT2D eigenvalue weighted by Crippen LogP contribution is -2.41. The minimum atomic E-state index is -1.86. The van der Waals surface area contributed by atoms with Crippen LogP contribution in [-0.4, -0.2) is 57.8 Å². The Kier molecular flexibility index (Phi) is 9.49. The van der Waals surface area contributed by atoms with Gasteiger partial charge in [0.2, 0.25) is 5.91 Å². The number of rotatable bonds is 12. The third kappa shape index (κ3) is 7.31. The van der Waals surface area contributed by atoms with Crippen molar-refractivity contribution in [3.8, 4) is 11.1 Å². The molecule has 11 heteroatoms. The lowest BCUT2D eigenvalue weighted by Gasteiger charge is -2.17. The summed E-state index contributed by atoms with van der Waals surface area (Å²) in [7, 11) is 0. The van der Waals surface area contributed by atoms with Crippen molar-refractivity contribution in [3.63, 3.8) is 0 Å². The summed E-state index contributed by atoms with van der Waals surface area (Å²) in [5.41, 5.74) is 2.05. The number of hydrogen-bond donors (Lipinski definition) is 4. The summed E-state index contributed by atoms with van der Waals surface area (Å²) in [6.07, 6.45) is 3.24. The molecule has 1 fully saturated rings. The first kappa shape index (κ1) is 25.7. The topological polar surface area (TPSA) is 134 Å². The van der Waals surface area contributed by atoms with Crippen LogP contribution in [0.2, 0.25) is 0 Å². The lowest BCUT2D eigenvalue weighted by molar-refractivity contribution is -0.139. The third-order valence-electron chi connectivity index (χ3n) is 5.23. The Labute approximate surface area is 204 Å². The number of hydrogen-bond acceptors (Lipinski definition) is 6. The van der Waals surface area contributed by atoms with E-state index >= 15 is 0 Å². The van der Waals surface area contributed by atoms with Gasteiger partial charge in [0, 0.05) is 17.7 Å². The van der Waals surface area contributed by atoms with E-state index in [2.05, 4.69) is 15.4 Å². The molecule has 1 unspecified atom stereocenters. The molecular formula is C23H27N3O6S2. The van der Waals surface area contributed by atoms with Gasteiger partial charge < -0.3 is 15.7 Å². The van der Waals surface area contributed by atoms with E-state index in [9.17, 15) is 23.7 Å². The second-order valence-electron chi connectivity index (χ2n) is 7.70. The van der Waals surface area contributed by atoms with E-state index in [1.165, 1.54) is 11.8 Å². The van der Waals surface area contributed by atoms with E-state index in [1.54, 1.807) is 18.2 Å². The summed E-state index contributed by atoms with van der Waals surface area (Å²) in [6.45, 7) is 0.115. The SMILES string of the molecule is CSCC[C@H](NC(=O)c1ccc(NS(=O)OC[C@@H]2CCC(=O)N2)cc1-c1ccccc1)C(=O)O. The van der Waals surface area contributed by atoms with E-state index in [0.29, 0.717) is 41.8 Å². The van der Waals surface area contributed by atoms with Gasteiger partial charge in [-0.15, -0.1) is 0 Å². The Morgan fingerprint density at radius 3 is 2.68 bits per heavy atom. The number of carboxylic acid groups (broad SMARTS) is 1. The average Bonchev–Trinajstić information content (AvgIpc) is 3.25. The molecule has 2 aromatic rings. The van der Waals surface area contributed by atoms with Gasteiger partial charge in [0.15, 0.2) is 0 Å². The standard InChI is InChI=1S/C23H27N3O6S2/c1-33-12-11-20(23(29)30)25-22(28)18-9-7-16(13-19(18)15-5-3-2-4-6-15)26-34(31)32-14-17-8-10-21(27)24-17/h2-7,9,13,17,20,26H,8,10-12,14H2,1H3,(H,24,27)(H,25,28)(H,29,30)/t17-,20-,34?/m0/s1. The fourth-order valence-electron chi connectivity index (χ4n) is 3.46. The molecule has 1 saturated heterocycles. The van der Waals surface area contributed by atoms with E-state index in [1.807, 2.05) is 36.6 Å². The highest BCUT2D eigenvalue weighted by Crippen LogP contribution is 2.28. The fraction of sp³-hybridized carbons (Fsp3) is 0.348. The fourth-order valence-corrected chi connectivity index (χ4v) is 4.60.